The van der Waals surface area contributed by atoms with Crippen LogP contribution in [0.1, 0.15) is 23.2 Å². The van der Waals surface area contributed by atoms with E-state index in [-0.39, 0.29) is 17.3 Å². The molecule has 0 saturated heterocycles. The predicted molar refractivity (Wildman–Crippen MR) is 100 cm³/mol. The van der Waals surface area contributed by atoms with Gasteiger partial charge in [0.25, 0.3) is 5.91 Å². The fourth-order valence-corrected chi connectivity index (χ4v) is 3.31. The van der Waals surface area contributed by atoms with Gasteiger partial charge in [-0.25, -0.2) is 13.8 Å². The minimum Gasteiger partial charge on any atom is -0.351 e. The van der Waals surface area contributed by atoms with E-state index in [2.05, 4.69) is 27.9 Å². The highest BCUT2D eigenvalue weighted by Crippen LogP contribution is 2.34. The predicted octanol–water partition coefficient (Wildman–Crippen LogP) is 5.13. The van der Waals surface area contributed by atoms with Crippen LogP contribution in [0.5, 0.6) is 0 Å². The normalized spacial score (nSPS) is 13.6. The van der Waals surface area contributed by atoms with Crippen molar-refractivity contribution in [3.63, 3.8) is 0 Å². The first kappa shape index (κ1) is 18.3. The van der Waals surface area contributed by atoms with Crippen molar-refractivity contribution in [3.05, 3.63) is 56.1 Å². The van der Waals surface area contributed by atoms with Crippen LogP contribution in [0.25, 0.3) is 0 Å². The van der Waals surface area contributed by atoms with E-state index in [1.165, 1.54) is 18.2 Å². The van der Waals surface area contributed by atoms with E-state index in [0.29, 0.717) is 10.7 Å². The van der Waals surface area contributed by atoms with Gasteiger partial charge < -0.3 is 5.32 Å². The SMILES string of the molecule is CON(C(=O)c1ccc(F)c(F)c1Nc1ccc(I)cc1Cl)C1CC1. The van der Waals surface area contributed by atoms with Crippen LogP contribution in [0.3, 0.4) is 0 Å². The minimum absolute atomic E-state index is 0.0257. The van der Waals surface area contributed by atoms with Gasteiger partial charge in [-0.3, -0.25) is 9.63 Å². The molecule has 0 heterocycles. The van der Waals surface area contributed by atoms with Crippen molar-refractivity contribution in [3.8, 4) is 0 Å². The number of amides is 1. The summed E-state index contributed by atoms with van der Waals surface area (Å²) in [7, 11) is 1.37. The Labute approximate surface area is 162 Å². The van der Waals surface area contributed by atoms with E-state index in [1.54, 1.807) is 18.2 Å². The van der Waals surface area contributed by atoms with Crippen LogP contribution in [0.15, 0.2) is 30.3 Å². The molecule has 2 aromatic rings. The van der Waals surface area contributed by atoms with Crippen LogP contribution in [0.2, 0.25) is 5.02 Å². The number of hydrogen-bond acceptors (Lipinski definition) is 3. The molecule has 0 radical (unpaired) electrons. The van der Waals surface area contributed by atoms with Crippen LogP contribution in [-0.4, -0.2) is 24.1 Å². The fraction of sp³-hybridized carbons (Fsp3) is 0.235. The van der Waals surface area contributed by atoms with E-state index in [9.17, 15) is 13.6 Å². The number of rotatable bonds is 5. The van der Waals surface area contributed by atoms with Gasteiger partial charge in [0.15, 0.2) is 11.6 Å². The molecule has 1 saturated carbocycles. The molecule has 132 valence electrons. The molecular weight excluding hydrogens is 465 g/mol. The monoisotopic (exact) mass is 478 g/mol. The summed E-state index contributed by atoms with van der Waals surface area (Å²) in [5.74, 6) is -2.74. The van der Waals surface area contributed by atoms with E-state index in [0.717, 1.165) is 22.5 Å². The lowest BCUT2D eigenvalue weighted by molar-refractivity contribution is -0.101. The van der Waals surface area contributed by atoms with Gasteiger partial charge in [0.05, 0.1) is 35.1 Å². The number of carbonyl (C=O) groups excluding carboxylic acids is 1. The largest absolute Gasteiger partial charge is 0.351 e. The first-order valence-corrected chi connectivity index (χ1v) is 8.95. The molecule has 0 bridgehead atoms. The molecule has 1 N–H and O–H groups in total. The Balaban J connectivity index is 2.02. The van der Waals surface area contributed by atoms with Gasteiger partial charge in [-0.15, -0.1) is 0 Å². The van der Waals surface area contributed by atoms with E-state index in [4.69, 9.17) is 16.4 Å². The molecule has 1 aliphatic carbocycles. The van der Waals surface area contributed by atoms with E-state index >= 15 is 0 Å². The maximum absolute atomic E-state index is 14.4. The Kier molecular flexibility index (Phi) is 5.45. The first-order chi connectivity index (χ1) is 11.9. The average Bonchev–Trinajstić information content (AvgIpc) is 3.39. The zero-order valence-electron chi connectivity index (χ0n) is 13.2. The van der Waals surface area contributed by atoms with Crippen molar-refractivity contribution < 1.29 is 18.4 Å². The Morgan fingerprint density at radius 2 is 2.04 bits per heavy atom. The fourth-order valence-electron chi connectivity index (χ4n) is 2.40. The molecule has 25 heavy (non-hydrogen) atoms. The highest BCUT2D eigenvalue weighted by molar-refractivity contribution is 14.1. The number of hydroxylamine groups is 2. The number of nitrogens with zero attached hydrogens (tertiary/aromatic N) is 1. The number of nitrogens with one attached hydrogen (secondary N) is 1. The number of halogens is 4. The topological polar surface area (TPSA) is 41.6 Å². The molecule has 4 nitrogen and oxygen atoms in total. The third-order valence-corrected chi connectivity index (χ3v) is 4.78. The molecule has 1 amide bonds. The molecule has 8 heteroatoms. The standard InChI is InChI=1S/C17H14ClF2IN2O2/c1-25-23(10-3-4-10)17(24)11-5-6-13(19)15(20)16(11)22-14-7-2-9(21)8-12(14)18/h2,5-8,10,22H,3-4H2,1H3. The van der Waals surface area contributed by atoms with Gasteiger partial charge in [-0.2, -0.15) is 0 Å². The zero-order chi connectivity index (χ0) is 18.1. The number of benzene rings is 2. The van der Waals surface area contributed by atoms with Crippen molar-refractivity contribution in [1.82, 2.24) is 5.06 Å². The molecule has 2 aromatic carbocycles. The molecule has 0 aromatic heterocycles. The summed E-state index contributed by atoms with van der Waals surface area (Å²) in [6, 6.07) is 7.19. The molecule has 1 fully saturated rings. The Bertz CT molecular complexity index is 831. The van der Waals surface area contributed by atoms with Crippen LogP contribution in [-0.2, 0) is 4.84 Å². The molecule has 0 atom stereocenters. The third-order valence-electron chi connectivity index (χ3n) is 3.79. The average molecular weight is 479 g/mol. The van der Waals surface area contributed by atoms with Gasteiger partial charge in [0.1, 0.15) is 0 Å². The lowest BCUT2D eigenvalue weighted by Crippen LogP contribution is -2.32. The second kappa shape index (κ2) is 7.43. The summed E-state index contributed by atoms with van der Waals surface area (Å²) in [5, 5.41) is 4.26. The maximum Gasteiger partial charge on any atom is 0.279 e. The molecule has 1 aliphatic rings. The molecule has 0 unspecified atom stereocenters. The smallest absolute Gasteiger partial charge is 0.279 e. The van der Waals surface area contributed by atoms with Gasteiger partial charge >= 0.3 is 0 Å². The second-order valence-corrected chi connectivity index (χ2v) is 7.23. The molecule has 0 spiro atoms. The van der Waals surface area contributed by atoms with Crippen LogP contribution >= 0.6 is 34.2 Å². The number of hydrogen-bond donors (Lipinski definition) is 1. The zero-order valence-corrected chi connectivity index (χ0v) is 16.1. The van der Waals surface area contributed by atoms with Crippen molar-refractivity contribution in [1.29, 1.82) is 0 Å². The summed E-state index contributed by atoms with van der Waals surface area (Å²) in [4.78, 5) is 17.8. The Morgan fingerprint density at radius 3 is 2.64 bits per heavy atom. The van der Waals surface area contributed by atoms with Gasteiger partial charge in [-0.05, 0) is 65.8 Å². The van der Waals surface area contributed by atoms with Gasteiger partial charge in [0.2, 0.25) is 0 Å². The third kappa shape index (κ3) is 3.88. The lowest BCUT2D eigenvalue weighted by Gasteiger charge is -2.21. The van der Waals surface area contributed by atoms with Crippen molar-refractivity contribution in [2.75, 3.05) is 12.4 Å². The van der Waals surface area contributed by atoms with Gasteiger partial charge in [0, 0.05) is 3.57 Å². The van der Waals surface area contributed by atoms with Crippen molar-refractivity contribution in [2.24, 2.45) is 0 Å². The lowest BCUT2D eigenvalue weighted by atomic mass is 10.1. The van der Waals surface area contributed by atoms with E-state index < -0.39 is 17.5 Å². The highest BCUT2D eigenvalue weighted by atomic mass is 127. The van der Waals surface area contributed by atoms with Gasteiger partial charge in [-0.1, -0.05) is 11.6 Å². The number of carbonyl (C=O) groups is 1. The molecule has 3 rings (SSSR count). The Morgan fingerprint density at radius 1 is 1.32 bits per heavy atom. The molecule has 0 aliphatic heterocycles. The van der Waals surface area contributed by atoms with Crippen molar-refractivity contribution in [2.45, 2.75) is 18.9 Å². The summed E-state index contributed by atoms with van der Waals surface area (Å²) in [6.45, 7) is 0. The minimum atomic E-state index is -1.15. The maximum atomic E-state index is 14.4. The van der Waals surface area contributed by atoms with E-state index in [1.807, 2.05) is 0 Å². The summed E-state index contributed by atoms with van der Waals surface area (Å²) in [5.41, 5.74) is 0.0779. The van der Waals surface area contributed by atoms with Crippen LogP contribution in [0, 0.1) is 15.2 Å². The first-order valence-electron chi connectivity index (χ1n) is 7.50. The van der Waals surface area contributed by atoms with Crippen LogP contribution in [0.4, 0.5) is 20.2 Å². The van der Waals surface area contributed by atoms with Crippen LogP contribution < -0.4 is 5.32 Å². The number of anilines is 2. The quantitative estimate of drug-likeness (QED) is 0.478. The summed E-state index contributed by atoms with van der Waals surface area (Å²) < 4.78 is 29.0. The highest BCUT2D eigenvalue weighted by Gasteiger charge is 2.35. The summed E-state index contributed by atoms with van der Waals surface area (Å²) in [6.07, 6.45) is 1.63. The van der Waals surface area contributed by atoms with Crippen molar-refractivity contribution >= 4 is 51.5 Å². The molecular formula is C17H14ClF2IN2O2. The summed E-state index contributed by atoms with van der Waals surface area (Å²) >= 11 is 8.24. The Hall–Kier alpha value is -1.45. The second-order valence-electron chi connectivity index (χ2n) is 5.58.